The van der Waals surface area contributed by atoms with Crippen LogP contribution in [0.4, 0.5) is 0 Å². The van der Waals surface area contributed by atoms with Gasteiger partial charge in [-0.05, 0) is 25.7 Å². The highest BCUT2D eigenvalue weighted by molar-refractivity contribution is 7.11. The van der Waals surface area contributed by atoms with Crippen molar-refractivity contribution in [1.82, 2.24) is 4.98 Å². The molecule has 0 fully saturated rings. The molecule has 3 nitrogen and oxygen atoms in total. The van der Waals surface area contributed by atoms with Crippen LogP contribution in [-0.2, 0) is 24.1 Å². The number of carboxylic acids is 1. The third-order valence-electron chi connectivity index (χ3n) is 2.69. The maximum absolute atomic E-state index is 10.6. The molecule has 0 amide bonds. The average molecular weight is 225 g/mol. The molecule has 1 aromatic rings. The van der Waals surface area contributed by atoms with Gasteiger partial charge in [0, 0.05) is 4.88 Å². The van der Waals surface area contributed by atoms with Crippen LogP contribution in [0, 0.1) is 0 Å². The van der Waals surface area contributed by atoms with Crippen LogP contribution < -0.4 is 0 Å². The number of carbonyl (C=O) groups is 1. The molecule has 0 aromatic carbocycles. The molecule has 0 saturated carbocycles. The molecule has 0 unspecified atom stereocenters. The van der Waals surface area contributed by atoms with Gasteiger partial charge in [-0.15, -0.1) is 11.3 Å². The molecule has 4 heteroatoms. The number of aromatic nitrogens is 1. The monoisotopic (exact) mass is 225 g/mol. The maximum Gasteiger partial charge on any atom is 0.310 e. The predicted molar refractivity (Wildman–Crippen MR) is 59.3 cm³/mol. The van der Waals surface area contributed by atoms with E-state index >= 15 is 0 Å². The van der Waals surface area contributed by atoms with E-state index in [1.807, 2.05) is 0 Å². The summed E-state index contributed by atoms with van der Waals surface area (Å²) >= 11 is 1.59. The number of aliphatic carboxylic acids is 1. The van der Waals surface area contributed by atoms with Gasteiger partial charge in [0.05, 0.1) is 12.1 Å². The molecule has 0 spiro atoms. The fraction of sp³-hybridized carbons (Fsp3) is 0.636. The molecule has 1 N–H and O–H groups in total. The van der Waals surface area contributed by atoms with Crippen molar-refractivity contribution in [2.75, 3.05) is 0 Å². The fourth-order valence-corrected chi connectivity index (χ4v) is 3.11. The lowest BCUT2D eigenvalue weighted by molar-refractivity contribution is -0.136. The summed E-state index contributed by atoms with van der Waals surface area (Å²) < 4.78 is 0. The maximum atomic E-state index is 10.6. The van der Waals surface area contributed by atoms with Crippen LogP contribution in [0.1, 0.15) is 41.3 Å². The zero-order valence-corrected chi connectivity index (χ0v) is 9.48. The van der Waals surface area contributed by atoms with Crippen LogP contribution in [0.2, 0.25) is 0 Å². The van der Waals surface area contributed by atoms with Crippen LogP contribution >= 0.6 is 11.3 Å². The highest BCUT2D eigenvalue weighted by Crippen LogP contribution is 2.25. The molecule has 0 bridgehead atoms. The summed E-state index contributed by atoms with van der Waals surface area (Å²) in [5, 5.41) is 9.48. The molecule has 1 aromatic heterocycles. The largest absolute Gasteiger partial charge is 0.481 e. The molecule has 0 aliphatic heterocycles. The van der Waals surface area contributed by atoms with Crippen molar-refractivity contribution < 1.29 is 9.90 Å². The van der Waals surface area contributed by atoms with Crippen molar-refractivity contribution in [2.45, 2.75) is 44.9 Å². The molecular formula is C11H15NO2S. The van der Waals surface area contributed by atoms with E-state index in [0.29, 0.717) is 0 Å². The Morgan fingerprint density at radius 1 is 1.27 bits per heavy atom. The van der Waals surface area contributed by atoms with Crippen molar-refractivity contribution in [1.29, 1.82) is 0 Å². The van der Waals surface area contributed by atoms with Gasteiger partial charge in [0.25, 0.3) is 0 Å². The molecule has 82 valence electrons. The van der Waals surface area contributed by atoms with Crippen LogP contribution in [0.25, 0.3) is 0 Å². The lowest BCUT2D eigenvalue weighted by Gasteiger charge is -2.06. The zero-order chi connectivity index (χ0) is 10.7. The molecule has 2 rings (SSSR count). The molecule has 0 radical (unpaired) electrons. The molecule has 0 atom stereocenters. The lowest BCUT2D eigenvalue weighted by Crippen LogP contribution is -2.00. The summed E-state index contributed by atoms with van der Waals surface area (Å²) in [5.41, 5.74) is 1.16. The van der Waals surface area contributed by atoms with Crippen LogP contribution in [-0.4, -0.2) is 16.1 Å². The molecule has 1 aliphatic carbocycles. The quantitative estimate of drug-likeness (QED) is 0.841. The van der Waals surface area contributed by atoms with Gasteiger partial charge in [-0.1, -0.05) is 12.8 Å². The zero-order valence-electron chi connectivity index (χ0n) is 8.66. The third kappa shape index (κ3) is 2.78. The SMILES string of the molecule is O=C(O)Cc1nc2c(s1)CCCCCC2. The second-order valence-electron chi connectivity index (χ2n) is 3.96. The molecule has 0 saturated heterocycles. The summed E-state index contributed by atoms with van der Waals surface area (Å²) in [4.78, 5) is 16.3. The first kappa shape index (κ1) is 10.6. The van der Waals surface area contributed by atoms with E-state index in [0.717, 1.165) is 23.5 Å². The van der Waals surface area contributed by atoms with Gasteiger partial charge in [-0.25, -0.2) is 4.98 Å². The highest BCUT2D eigenvalue weighted by Gasteiger charge is 2.14. The Labute approximate surface area is 93.2 Å². The third-order valence-corrected chi connectivity index (χ3v) is 3.85. The standard InChI is InChI=1S/C11H15NO2S/c13-11(14)7-10-12-8-5-3-1-2-4-6-9(8)15-10/h1-7H2,(H,13,14). The molecule has 1 aliphatic rings. The predicted octanol–water partition coefficient (Wildman–Crippen LogP) is 2.43. The van der Waals surface area contributed by atoms with E-state index in [9.17, 15) is 4.79 Å². The van der Waals surface area contributed by atoms with Gasteiger partial charge in [-0.2, -0.15) is 0 Å². The van der Waals surface area contributed by atoms with Crippen molar-refractivity contribution >= 4 is 17.3 Å². The number of thiazole rings is 1. The lowest BCUT2D eigenvalue weighted by atomic mass is 10.0. The first-order valence-corrected chi connectivity index (χ1v) is 6.26. The smallest absolute Gasteiger partial charge is 0.310 e. The first-order chi connectivity index (χ1) is 7.25. The number of rotatable bonds is 2. The summed E-state index contributed by atoms with van der Waals surface area (Å²) in [5.74, 6) is -0.781. The molecular weight excluding hydrogens is 210 g/mol. The summed E-state index contributed by atoms with van der Waals surface area (Å²) in [6.07, 6.45) is 7.21. The van der Waals surface area contributed by atoms with E-state index in [2.05, 4.69) is 4.98 Å². The Kier molecular flexibility index (Phi) is 3.36. The normalized spacial score (nSPS) is 16.5. The van der Waals surface area contributed by atoms with Gasteiger partial charge in [0.1, 0.15) is 5.01 Å². The van der Waals surface area contributed by atoms with E-state index in [1.54, 1.807) is 11.3 Å². The van der Waals surface area contributed by atoms with Crippen molar-refractivity contribution in [3.8, 4) is 0 Å². The summed E-state index contributed by atoms with van der Waals surface area (Å²) in [6.45, 7) is 0. The van der Waals surface area contributed by atoms with E-state index in [1.165, 1.54) is 30.6 Å². The van der Waals surface area contributed by atoms with E-state index in [-0.39, 0.29) is 6.42 Å². The summed E-state index contributed by atoms with van der Waals surface area (Å²) in [6, 6.07) is 0. The first-order valence-electron chi connectivity index (χ1n) is 5.45. The molecule has 15 heavy (non-hydrogen) atoms. The second kappa shape index (κ2) is 4.75. The van der Waals surface area contributed by atoms with Gasteiger partial charge in [0.15, 0.2) is 0 Å². The van der Waals surface area contributed by atoms with Crippen molar-refractivity contribution in [3.63, 3.8) is 0 Å². The van der Waals surface area contributed by atoms with Gasteiger partial charge >= 0.3 is 5.97 Å². The minimum absolute atomic E-state index is 0.0810. The van der Waals surface area contributed by atoms with Crippen LogP contribution in [0.3, 0.4) is 0 Å². The number of fused-ring (bicyclic) bond motifs is 1. The van der Waals surface area contributed by atoms with Gasteiger partial charge in [-0.3, -0.25) is 4.79 Å². The Hall–Kier alpha value is -0.900. The number of hydrogen-bond donors (Lipinski definition) is 1. The van der Waals surface area contributed by atoms with Crippen molar-refractivity contribution in [3.05, 3.63) is 15.6 Å². The average Bonchev–Trinajstić information content (AvgIpc) is 2.46. The number of hydrogen-bond acceptors (Lipinski definition) is 3. The highest BCUT2D eigenvalue weighted by atomic mass is 32.1. The Balaban J connectivity index is 2.16. The number of nitrogens with zero attached hydrogens (tertiary/aromatic N) is 1. The Bertz CT molecular complexity index is 334. The van der Waals surface area contributed by atoms with E-state index < -0.39 is 5.97 Å². The summed E-state index contributed by atoms with van der Waals surface area (Å²) in [7, 11) is 0. The molecule has 1 heterocycles. The number of carboxylic acid groups (broad SMARTS) is 1. The minimum atomic E-state index is -0.781. The van der Waals surface area contributed by atoms with Crippen molar-refractivity contribution in [2.24, 2.45) is 0 Å². The number of aryl methyl sites for hydroxylation is 2. The minimum Gasteiger partial charge on any atom is -0.481 e. The van der Waals surface area contributed by atoms with Crippen LogP contribution in [0.5, 0.6) is 0 Å². The van der Waals surface area contributed by atoms with Gasteiger partial charge < -0.3 is 5.11 Å². The van der Waals surface area contributed by atoms with E-state index in [4.69, 9.17) is 5.11 Å². The van der Waals surface area contributed by atoms with Gasteiger partial charge in [0.2, 0.25) is 0 Å². The second-order valence-corrected chi connectivity index (χ2v) is 5.13. The van der Waals surface area contributed by atoms with Crippen LogP contribution in [0.15, 0.2) is 0 Å². The Morgan fingerprint density at radius 2 is 2.00 bits per heavy atom. The fourth-order valence-electron chi connectivity index (χ4n) is 1.96. The Morgan fingerprint density at radius 3 is 2.73 bits per heavy atom. The topological polar surface area (TPSA) is 50.2 Å².